The summed E-state index contributed by atoms with van der Waals surface area (Å²) >= 11 is 0. The molecule has 0 aromatic heterocycles. The summed E-state index contributed by atoms with van der Waals surface area (Å²) in [5.74, 6) is 0.315. The number of amides is 2. The molecule has 0 radical (unpaired) electrons. The molecule has 2 rings (SSSR count). The van der Waals surface area contributed by atoms with E-state index in [0.29, 0.717) is 30.3 Å². The third kappa shape index (κ3) is 2.26. The van der Waals surface area contributed by atoms with Crippen molar-refractivity contribution in [3.8, 4) is 0 Å². The van der Waals surface area contributed by atoms with Crippen LogP contribution in [-0.4, -0.2) is 60.5 Å². The number of hydroxylamine groups is 2. The van der Waals surface area contributed by atoms with Gasteiger partial charge in [0.2, 0.25) is 0 Å². The smallest absolute Gasteiger partial charge is 0.386 e. The number of amidine groups is 1. The second-order valence-electron chi connectivity index (χ2n) is 4.16. The molecule has 2 aliphatic rings. The van der Waals surface area contributed by atoms with Gasteiger partial charge in [-0.15, -0.1) is 4.28 Å². The third-order valence-electron chi connectivity index (χ3n) is 3.10. The second-order valence-corrected chi connectivity index (χ2v) is 5.16. The molecule has 9 nitrogen and oxygen atoms in total. The fraction of sp³-hybridized carbons (Fsp3) is 0.750. The van der Waals surface area contributed by atoms with Gasteiger partial charge in [-0.1, -0.05) is 0 Å². The molecule has 0 saturated carbocycles. The van der Waals surface area contributed by atoms with E-state index in [2.05, 4.69) is 9.28 Å². The average Bonchev–Trinajstić information content (AvgIpc) is 2.52. The summed E-state index contributed by atoms with van der Waals surface area (Å²) in [6.07, 6.45) is 1.10. The highest BCUT2D eigenvalue weighted by Crippen LogP contribution is 2.30. The van der Waals surface area contributed by atoms with E-state index in [0.717, 1.165) is 0 Å². The van der Waals surface area contributed by atoms with Crippen LogP contribution in [0.15, 0.2) is 4.99 Å². The fourth-order valence-electron chi connectivity index (χ4n) is 2.29. The van der Waals surface area contributed by atoms with Gasteiger partial charge in [0.25, 0.3) is 0 Å². The van der Waals surface area contributed by atoms with E-state index >= 15 is 0 Å². The van der Waals surface area contributed by atoms with Crippen molar-refractivity contribution in [1.29, 1.82) is 0 Å². The van der Waals surface area contributed by atoms with Crippen molar-refractivity contribution in [3.63, 3.8) is 0 Å². The van der Waals surface area contributed by atoms with Crippen LogP contribution in [0.2, 0.25) is 0 Å². The molecule has 2 amide bonds. The van der Waals surface area contributed by atoms with Crippen LogP contribution in [0.3, 0.4) is 0 Å². The van der Waals surface area contributed by atoms with E-state index < -0.39 is 22.5 Å². The summed E-state index contributed by atoms with van der Waals surface area (Å²) in [5, 5.41) is 0.679. The number of piperidine rings is 1. The van der Waals surface area contributed by atoms with Gasteiger partial charge in [-0.25, -0.2) is 4.79 Å². The van der Waals surface area contributed by atoms with Crippen LogP contribution in [0.1, 0.15) is 12.8 Å². The molecular formula is C8H14N4O5S. The Morgan fingerprint density at radius 1 is 1.56 bits per heavy atom. The maximum absolute atomic E-state index is 11.9. The lowest BCUT2D eigenvalue weighted by Crippen LogP contribution is -2.48. The minimum Gasteiger partial charge on any atom is -0.386 e. The first-order valence-corrected chi connectivity index (χ1v) is 6.69. The van der Waals surface area contributed by atoms with Crippen LogP contribution in [-0.2, 0) is 14.7 Å². The minimum atomic E-state index is -4.71. The maximum Gasteiger partial charge on any atom is 0.418 e. The molecule has 0 aromatic rings. The van der Waals surface area contributed by atoms with Gasteiger partial charge in [0.05, 0.1) is 12.1 Å². The molecule has 3 N–H and O–H groups in total. The zero-order chi connectivity index (χ0) is 13.5. The van der Waals surface area contributed by atoms with Gasteiger partial charge in [-0.2, -0.15) is 13.5 Å². The third-order valence-corrected chi connectivity index (χ3v) is 3.45. The van der Waals surface area contributed by atoms with Gasteiger partial charge in [0.15, 0.2) is 0 Å². The average molecular weight is 278 g/mol. The lowest BCUT2D eigenvalue weighted by molar-refractivity contribution is -0.0316. The van der Waals surface area contributed by atoms with Crippen LogP contribution in [0.4, 0.5) is 4.79 Å². The zero-order valence-corrected chi connectivity index (χ0v) is 10.5. The first kappa shape index (κ1) is 13.1. The second kappa shape index (κ2) is 4.37. The Hall–Kier alpha value is -1.39. The van der Waals surface area contributed by atoms with E-state index in [9.17, 15) is 13.2 Å². The molecule has 2 saturated heterocycles. The monoisotopic (exact) mass is 278 g/mol. The predicted octanol–water partition coefficient (Wildman–Crippen LogP) is -1.02. The van der Waals surface area contributed by atoms with E-state index in [1.807, 2.05) is 0 Å². The largest absolute Gasteiger partial charge is 0.418 e. The topological polar surface area (TPSA) is 126 Å². The Bertz CT molecular complexity index is 490. The SMILES string of the molecule is CN=C(N)[C@@H]1CC[C@@H]2CN1C(=O)N2OS(=O)(=O)O. The quantitative estimate of drug-likeness (QED) is 0.386. The summed E-state index contributed by atoms with van der Waals surface area (Å²) in [6, 6.07) is -1.39. The first-order chi connectivity index (χ1) is 8.33. The van der Waals surface area contributed by atoms with Crippen molar-refractivity contribution in [2.75, 3.05) is 13.6 Å². The summed E-state index contributed by atoms with van der Waals surface area (Å²) in [6.45, 7) is 0.301. The minimum absolute atomic E-state index is 0.301. The molecule has 18 heavy (non-hydrogen) atoms. The molecule has 0 spiro atoms. The molecule has 2 bridgehead atoms. The van der Waals surface area contributed by atoms with Crippen LogP contribution < -0.4 is 5.73 Å². The molecule has 2 atom stereocenters. The van der Waals surface area contributed by atoms with Gasteiger partial charge >= 0.3 is 16.4 Å². The van der Waals surface area contributed by atoms with Crippen molar-refractivity contribution in [1.82, 2.24) is 9.96 Å². The van der Waals surface area contributed by atoms with E-state index in [1.165, 1.54) is 11.9 Å². The van der Waals surface area contributed by atoms with E-state index in [1.54, 1.807) is 0 Å². The van der Waals surface area contributed by atoms with Crippen LogP contribution in [0, 0.1) is 0 Å². The lowest BCUT2D eigenvalue weighted by Gasteiger charge is -2.29. The van der Waals surface area contributed by atoms with Crippen molar-refractivity contribution < 1.29 is 22.0 Å². The van der Waals surface area contributed by atoms with E-state index in [-0.39, 0.29) is 6.04 Å². The number of nitrogens with zero attached hydrogens (tertiary/aromatic N) is 3. The number of nitrogens with two attached hydrogens (primary N) is 1. The molecule has 0 unspecified atom stereocenters. The predicted molar refractivity (Wildman–Crippen MR) is 60.9 cm³/mol. The lowest BCUT2D eigenvalue weighted by atomic mass is 10.0. The fourth-order valence-corrected chi connectivity index (χ4v) is 2.68. The molecule has 0 aliphatic carbocycles. The summed E-state index contributed by atoms with van der Waals surface area (Å²) in [7, 11) is -3.18. The molecule has 2 fully saturated rings. The highest BCUT2D eigenvalue weighted by Gasteiger charge is 2.48. The van der Waals surface area contributed by atoms with Gasteiger partial charge < -0.3 is 10.6 Å². The summed E-state index contributed by atoms with van der Waals surface area (Å²) in [4.78, 5) is 17.2. The molecule has 102 valence electrons. The molecule has 10 heteroatoms. The van der Waals surface area contributed by atoms with Crippen molar-refractivity contribution in [3.05, 3.63) is 0 Å². The number of hydrogen-bond acceptors (Lipinski definition) is 5. The molecule has 2 heterocycles. The van der Waals surface area contributed by atoms with Crippen LogP contribution in [0.5, 0.6) is 0 Å². The Balaban J connectivity index is 2.20. The normalized spacial score (nSPS) is 29.0. The van der Waals surface area contributed by atoms with E-state index in [4.69, 9.17) is 10.3 Å². The Morgan fingerprint density at radius 3 is 2.78 bits per heavy atom. The molecule has 0 aromatic carbocycles. The van der Waals surface area contributed by atoms with Crippen molar-refractivity contribution in [2.24, 2.45) is 10.7 Å². The maximum atomic E-state index is 11.9. The number of carbonyl (C=O) groups excluding carboxylic acids is 1. The summed E-state index contributed by atoms with van der Waals surface area (Å²) in [5.41, 5.74) is 5.70. The number of aliphatic imine (C=N–C) groups is 1. The Kier molecular flexibility index (Phi) is 3.17. The highest BCUT2D eigenvalue weighted by atomic mass is 32.3. The number of urea groups is 1. The van der Waals surface area contributed by atoms with Gasteiger partial charge in [-0.05, 0) is 12.8 Å². The Morgan fingerprint density at radius 2 is 2.22 bits per heavy atom. The number of fused-ring (bicyclic) bond motifs is 2. The number of hydrogen-bond donors (Lipinski definition) is 2. The van der Waals surface area contributed by atoms with Gasteiger partial charge in [0.1, 0.15) is 5.84 Å². The standard InChI is InChI=1S/C8H14N4O5S/c1-10-7(9)6-3-2-5-4-11(6)8(13)12(5)17-18(14,15)16/h5-6H,2-4H2,1H3,(H2,9,10)(H,14,15,16)/t5-,6+/m1/s1. The van der Waals surface area contributed by atoms with Crippen molar-refractivity contribution in [2.45, 2.75) is 24.9 Å². The van der Waals surface area contributed by atoms with Crippen molar-refractivity contribution >= 4 is 22.3 Å². The van der Waals surface area contributed by atoms with Crippen LogP contribution >= 0.6 is 0 Å². The number of carbonyl (C=O) groups is 1. The first-order valence-electron chi connectivity index (χ1n) is 5.32. The highest BCUT2D eigenvalue weighted by molar-refractivity contribution is 7.80. The molecule has 2 aliphatic heterocycles. The zero-order valence-electron chi connectivity index (χ0n) is 9.68. The molecular weight excluding hydrogens is 264 g/mol. The van der Waals surface area contributed by atoms with Gasteiger partial charge in [0, 0.05) is 13.6 Å². The number of rotatable bonds is 3. The van der Waals surface area contributed by atoms with Crippen LogP contribution in [0.25, 0.3) is 0 Å². The Labute approximate surface area is 104 Å². The summed E-state index contributed by atoms with van der Waals surface area (Å²) < 4.78 is 34.2. The van der Waals surface area contributed by atoms with Gasteiger partial charge in [-0.3, -0.25) is 9.55 Å².